The molecule has 6 nitrogen and oxygen atoms in total. The van der Waals surface area contributed by atoms with Crippen LogP contribution in [0.25, 0.3) is 22.0 Å². The molecule has 0 saturated heterocycles. The Morgan fingerprint density at radius 1 is 1.12 bits per heavy atom. The zero-order chi connectivity index (χ0) is 24.5. The van der Waals surface area contributed by atoms with Crippen molar-refractivity contribution in [1.29, 1.82) is 0 Å². The predicted molar refractivity (Wildman–Crippen MR) is 139 cm³/mol. The van der Waals surface area contributed by atoms with Crippen LogP contribution in [-0.4, -0.2) is 29.7 Å². The van der Waals surface area contributed by atoms with Crippen molar-refractivity contribution in [3.63, 3.8) is 0 Å². The summed E-state index contributed by atoms with van der Waals surface area (Å²) in [4.78, 5) is 24.5. The summed E-state index contributed by atoms with van der Waals surface area (Å²) in [7, 11) is 0. The van der Waals surface area contributed by atoms with Crippen LogP contribution >= 0.6 is 0 Å². The number of aryl methyl sites for hydroxylation is 1. The second kappa shape index (κ2) is 12.5. The fraction of sp³-hybridized carbons (Fsp3) is 0.429. The number of carbonyl (C=O) groups excluding carboxylic acids is 1. The standard InChI is InChI=1S/C24H29N3O3.C4H8/c1-4-30-12-11-27-22-14-18(21-8-6-5-7-16(21)2)9-10-19(22)13-20(24(27)29)15-26-17(3)23(25)28;1-2-4-3-1/h5-10,13-14,17,26H,4,11-12,15H2,1-3H3,(H2,25,28);1-4H2. The molecule has 1 atom stereocenters. The zero-order valence-corrected chi connectivity index (χ0v) is 20.6. The van der Waals surface area contributed by atoms with Crippen LogP contribution < -0.4 is 16.6 Å². The lowest BCUT2D eigenvalue weighted by molar-refractivity contribution is -0.119. The van der Waals surface area contributed by atoms with Gasteiger partial charge in [0.15, 0.2) is 0 Å². The van der Waals surface area contributed by atoms with Crippen LogP contribution in [0.1, 0.15) is 50.7 Å². The summed E-state index contributed by atoms with van der Waals surface area (Å²) in [6, 6.07) is 15.7. The molecule has 1 aliphatic rings. The molecule has 3 aromatic rings. The molecule has 1 aliphatic carbocycles. The highest BCUT2D eigenvalue weighted by molar-refractivity contribution is 5.86. The minimum Gasteiger partial charge on any atom is -0.380 e. The Hall–Kier alpha value is -2.96. The molecular weight excluding hydrogens is 426 g/mol. The lowest BCUT2D eigenvalue weighted by atomic mass is 9.99. The van der Waals surface area contributed by atoms with Crippen LogP contribution in [0.2, 0.25) is 0 Å². The molecular formula is C28H37N3O3. The second-order valence-electron chi connectivity index (χ2n) is 8.83. The maximum absolute atomic E-state index is 13.2. The number of nitrogens with zero attached hydrogens (tertiary/aromatic N) is 1. The average Bonchev–Trinajstić information content (AvgIpc) is 2.78. The third-order valence-corrected chi connectivity index (χ3v) is 6.32. The van der Waals surface area contributed by atoms with Gasteiger partial charge in [0, 0.05) is 25.3 Å². The van der Waals surface area contributed by atoms with Gasteiger partial charge in [-0.3, -0.25) is 9.59 Å². The Morgan fingerprint density at radius 3 is 2.44 bits per heavy atom. The van der Waals surface area contributed by atoms with E-state index in [1.165, 1.54) is 31.2 Å². The topological polar surface area (TPSA) is 86.3 Å². The van der Waals surface area contributed by atoms with E-state index in [1.807, 2.05) is 31.2 Å². The average molecular weight is 464 g/mol. The first kappa shape index (κ1) is 25.7. The first-order chi connectivity index (χ1) is 16.4. The number of benzene rings is 2. The van der Waals surface area contributed by atoms with Crippen molar-refractivity contribution in [1.82, 2.24) is 9.88 Å². The minimum absolute atomic E-state index is 0.0895. The van der Waals surface area contributed by atoms with E-state index in [0.717, 1.165) is 22.0 Å². The van der Waals surface area contributed by atoms with Gasteiger partial charge in [-0.05, 0) is 55.0 Å². The lowest BCUT2D eigenvalue weighted by Gasteiger charge is -2.16. The van der Waals surface area contributed by atoms with E-state index in [2.05, 4.69) is 36.5 Å². The fourth-order valence-electron chi connectivity index (χ4n) is 3.76. The molecule has 0 aliphatic heterocycles. The zero-order valence-electron chi connectivity index (χ0n) is 20.6. The Balaban J connectivity index is 0.000000732. The third kappa shape index (κ3) is 6.55. The van der Waals surface area contributed by atoms with Crippen LogP contribution in [0, 0.1) is 6.92 Å². The summed E-state index contributed by atoms with van der Waals surface area (Å²) in [5.41, 5.74) is 10.1. The summed E-state index contributed by atoms with van der Waals surface area (Å²) in [6.07, 6.45) is 6.00. The molecule has 1 saturated carbocycles. The van der Waals surface area contributed by atoms with Crippen LogP contribution in [-0.2, 0) is 22.6 Å². The Morgan fingerprint density at radius 2 is 1.82 bits per heavy atom. The highest BCUT2D eigenvalue weighted by Gasteiger charge is 2.14. The van der Waals surface area contributed by atoms with E-state index in [4.69, 9.17) is 10.5 Å². The van der Waals surface area contributed by atoms with E-state index >= 15 is 0 Å². The number of nitrogens with two attached hydrogens (primary N) is 1. The van der Waals surface area contributed by atoms with E-state index in [-0.39, 0.29) is 12.1 Å². The van der Waals surface area contributed by atoms with Crippen molar-refractivity contribution >= 4 is 16.8 Å². The van der Waals surface area contributed by atoms with Crippen molar-refractivity contribution in [2.45, 2.75) is 65.6 Å². The van der Waals surface area contributed by atoms with Gasteiger partial charge in [0.2, 0.25) is 5.91 Å². The van der Waals surface area contributed by atoms with Crippen LogP contribution in [0.4, 0.5) is 0 Å². The second-order valence-corrected chi connectivity index (χ2v) is 8.83. The number of amides is 1. The Bertz CT molecular complexity index is 1160. The van der Waals surface area contributed by atoms with Gasteiger partial charge in [0.1, 0.15) is 0 Å². The Kier molecular flexibility index (Phi) is 9.42. The van der Waals surface area contributed by atoms with Crippen molar-refractivity contribution in [3.8, 4) is 11.1 Å². The summed E-state index contributed by atoms with van der Waals surface area (Å²) >= 11 is 0. The molecule has 1 fully saturated rings. The molecule has 1 amide bonds. The van der Waals surface area contributed by atoms with Gasteiger partial charge in [0.25, 0.3) is 5.56 Å². The van der Waals surface area contributed by atoms with Crippen molar-refractivity contribution < 1.29 is 9.53 Å². The lowest BCUT2D eigenvalue weighted by Crippen LogP contribution is -2.39. The quantitative estimate of drug-likeness (QED) is 0.456. The number of aromatic nitrogens is 1. The molecule has 1 heterocycles. The summed E-state index contributed by atoms with van der Waals surface area (Å²) in [6.45, 7) is 7.48. The van der Waals surface area contributed by atoms with E-state index in [1.54, 1.807) is 11.5 Å². The molecule has 0 radical (unpaired) electrons. The number of ether oxygens (including phenoxy) is 1. The molecule has 34 heavy (non-hydrogen) atoms. The molecule has 0 bridgehead atoms. The molecule has 3 N–H and O–H groups in total. The fourth-order valence-corrected chi connectivity index (χ4v) is 3.76. The number of hydrogen-bond acceptors (Lipinski definition) is 4. The molecule has 2 aromatic carbocycles. The summed E-state index contributed by atoms with van der Waals surface area (Å²) in [5.74, 6) is -0.449. The number of nitrogens with one attached hydrogen (secondary N) is 1. The Labute approximate surface area is 202 Å². The monoisotopic (exact) mass is 463 g/mol. The predicted octanol–water partition coefficient (Wildman–Crippen LogP) is 4.54. The number of rotatable bonds is 9. The summed E-state index contributed by atoms with van der Waals surface area (Å²) < 4.78 is 7.27. The minimum atomic E-state index is -0.514. The van der Waals surface area contributed by atoms with Crippen molar-refractivity contribution in [3.05, 3.63) is 70.0 Å². The van der Waals surface area contributed by atoms with Gasteiger partial charge in [-0.15, -0.1) is 0 Å². The van der Waals surface area contributed by atoms with E-state index in [9.17, 15) is 9.59 Å². The first-order valence-electron chi connectivity index (χ1n) is 12.2. The number of fused-ring (bicyclic) bond motifs is 1. The largest absolute Gasteiger partial charge is 0.380 e. The van der Waals surface area contributed by atoms with E-state index in [0.29, 0.717) is 25.3 Å². The van der Waals surface area contributed by atoms with Gasteiger partial charge in [0.05, 0.1) is 18.2 Å². The maximum Gasteiger partial charge on any atom is 0.255 e. The third-order valence-electron chi connectivity index (χ3n) is 6.32. The number of primary amides is 1. The molecule has 1 aromatic heterocycles. The molecule has 6 heteroatoms. The van der Waals surface area contributed by atoms with Gasteiger partial charge < -0.3 is 20.4 Å². The van der Waals surface area contributed by atoms with Crippen molar-refractivity contribution in [2.24, 2.45) is 5.73 Å². The molecule has 1 unspecified atom stereocenters. The highest BCUT2D eigenvalue weighted by Crippen LogP contribution is 2.27. The van der Waals surface area contributed by atoms with Crippen LogP contribution in [0.3, 0.4) is 0 Å². The number of carbonyl (C=O) groups is 1. The number of hydrogen-bond donors (Lipinski definition) is 2. The van der Waals surface area contributed by atoms with Gasteiger partial charge in [-0.1, -0.05) is 62.1 Å². The molecule has 4 rings (SSSR count). The number of pyridine rings is 1. The normalized spacial score (nSPS) is 13.6. The van der Waals surface area contributed by atoms with Gasteiger partial charge in [-0.25, -0.2) is 0 Å². The van der Waals surface area contributed by atoms with Crippen molar-refractivity contribution in [2.75, 3.05) is 13.2 Å². The van der Waals surface area contributed by atoms with E-state index < -0.39 is 11.9 Å². The van der Waals surface area contributed by atoms with Crippen LogP contribution in [0.15, 0.2) is 53.3 Å². The first-order valence-corrected chi connectivity index (χ1v) is 12.2. The SMILES string of the molecule is C1CCC1.CCOCCn1c(=O)c(CNC(C)C(N)=O)cc2ccc(-c3ccccc3C)cc21. The summed E-state index contributed by atoms with van der Waals surface area (Å²) in [5, 5.41) is 3.99. The maximum atomic E-state index is 13.2. The van der Waals surface area contributed by atoms with Crippen LogP contribution in [0.5, 0.6) is 0 Å². The van der Waals surface area contributed by atoms with Gasteiger partial charge >= 0.3 is 0 Å². The smallest absolute Gasteiger partial charge is 0.255 e. The molecule has 0 spiro atoms. The highest BCUT2D eigenvalue weighted by atomic mass is 16.5. The molecule has 182 valence electrons. The van der Waals surface area contributed by atoms with Gasteiger partial charge in [-0.2, -0.15) is 0 Å².